The maximum absolute atomic E-state index is 11.8. The topological polar surface area (TPSA) is 52.6 Å². The van der Waals surface area contributed by atoms with E-state index in [4.69, 9.17) is 9.47 Å². The van der Waals surface area contributed by atoms with Gasteiger partial charge in [-0.2, -0.15) is 0 Å². The van der Waals surface area contributed by atoms with E-state index in [-0.39, 0.29) is 12.4 Å². The Bertz CT molecular complexity index is 443. The van der Waals surface area contributed by atoms with Crippen LogP contribution >= 0.6 is 15.9 Å². The first kappa shape index (κ1) is 14.7. The molecule has 0 aromatic heterocycles. The Morgan fingerprint density at radius 2 is 1.83 bits per heavy atom. The minimum Gasteiger partial charge on any atom is -0.466 e. The molecule has 4 nitrogen and oxygen atoms in total. The maximum atomic E-state index is 11.8. The fourth-order valence-electron chi connectivity index (χ4n) is 1.49. The normalized spacial score (nSPS) is 9.94. The lowest BCUT2D eigenvalue weighted by Gasteiger charge is -2.10. The van der Waals surface area contributed by atoms with Gasteiger partial charge in [0, 0.05) is 4.47 Å². The summed E-state index contributed by atoms with van der Waals surface area (Å²) in [6.07, 6.45) is 0.0451. The zero-order chi connectivity index (χ0) is 13.5. The molecule has 1 rings (SSSR count). The van der Waals surface area contributed by atoms with Crippen molar-refractivity contribution in [3.8, 4) is 0 Å². The van der Waals surface area contributed by atoms with Gasteiger partial charge in [-0.05, 0) is 31.5 Å². The van der Waals surface area contributed by atoms with Crippen LogP contribution in [0.5, 0.6) is 0 Å². The van der Waals surface area contributed by atoms with Crippen molar-refractivity contribution in [1.29, 1.82) is 0 Å². The first-order valence-corrected chi connectivity index (χ1v) is 6.49. The van der Waals surface area contributed by atoms with E-state index in [1.165, 1.54) is 0 Å². The molecule has 0 amide bonds. The molecule has 18 heavy (non-hydrogen) atoms. The smallest absolute Gasteiger partial charge is 0.338 e. The number of rotatable bonds is 5. The third-order valence-electron chi connectivity index (χ3n) is 2.24. The summed E-state index contributed by atoms with van der Waals surface area (Å²) in [5.41, 5.74) is 0.980. The predicted molar refractivity (Wildman–Crippen MR) is 70.4 cm³/mol. The highest BCUT2D eigenvalue weighted by Crippen LogP contribution is 2.22. The molecule has 0 fully saturated rings. The summed E-state index contributed by atoms with van der Waals surface area (Å²) < 4.78 is 10.5. The monoisotopic (exact) mass is 314 g/mol. The third kappa shape index (κ3) is 3.84. The molecule has 0 saturated carbocycles. The Balaban J connectivity index is 3.00. The van der Waals surface area contributed by atoms with Crippen molar-refractivity contribution in [3.05, 3.63) is 33.8 Å². The molecule has 0 heterocycles. The van der Waals surface area contributed by atoms with Crippen molar-refractivity contribution >= 4 is 27.9 Å². The maximum Gasteiger partial charge on any atom is 0.338 e. The molecule has 0 saturated heterocycles. The minimum atomic E-state index is -0.432. The molecule has 5 heteroatoms. The van der Waals surface area contributed by atoms with Gasteiger partial charge in [0.2, 0.25) is 0 Å². The molecule has 98 valence electrons. The SMILES string of the molecule is CCOC(=O)Cc1c(Br)cccc1C(=O)OCC. The van der Waals surface area contributed by atoms with Gasteiger partial charge in [-0.3, -0.25) is 4.79 Å². The number of hydrogen-bond donors (Lipinski definition) is 0. The lowest BCUT2D eigenvalue weighted by atomic mass is 10.0. The van der Waals surface area contributed by atoms with Crippen LogP contribution < -0.4 is 0 Å². The minimum absolute atomic E-state index is 0.0451. The summed E-state index contributed by atoms with van der Waals surface area (Å²) in [4.78, 5) is 23.3. The zero-order valence-electron chi connectivity index (χ0n) is 10.4. The van der Waals surface area contributed by atoms with Crippen LogP contribution in [0.3, 0.4) is 0 Å². The van der Waals surface area contributed by atoms with Crippen molar-refractivity contribution in [2.45, 2.75) is 20.3 Å². The molecule has 0 spiro atoms. The molecule has 0 aliphatic heterocycles. The van der Waals surface area contributed by atoms with Crippen LogP contribution in [0, 0.1) is 0 Å². The standard InChI is InChI=1S/C13H15BrO4/c1-3-17-12(15)8-10-9(13(16)18-4-2)6-5-7-11(10)14/h5-7H,3-4,8H2,1-2H3. The highest BCUT2D eigenvalue weighted by Gasteiger charge is 2.17. The Hall–Kier alpha value is -1.36. The molecule has 0 bridgehead atoms. The summed E-state index contributed by atoms with van der Waals surface area (Å²) in [7, 11) is 0. The van der Waals surface area contributed by atoms with Crippen molar-refractivity contribution in [1.82, 2.24) is 0 Å². The molecule has 0 N–H and O–H groups in total. The summed E-state index contributed by atoms with van der Waals surface area (Å²) in [6, 6.07) is 5.14. The molecule has 1 aromatic carbocycles. The highest BCUT2D eigenvalue weighted by molar-refractivity contribution is 9.10. The van der Waals surface area contributed by atoms with Gasteiger partial charge in [-0.1, -0.05) is 22.0 Å². The second-order valence-electron chi connectivity index (χ2n) is 3.47. The number of esters is 2. The lowest BCUT2D eigenvalue weighted by molar-refractivity contribution is -0.142. The molecule has 0 radical (unpaired) electrons. The number of carbonyl (C=O) groups is 2. The van der Waals surface area contributed by atoms with Crippen LogP contribution in [0.4, 0.5) is 0 Å². The number of halogens is 1. The summed E-state index contributed by atoms with van der Waals surface area (Å²) in [5.74, 6) is -0.798. The average Bonchev–Trinajstić information content (AvgIpc) is 2.32. The van der Waals surface area contributed by atoms with Gasteiger partial charge in [0.05, 0.1) is 25.2 Å². The molecule has 0 atom stereocenters. The highest BCUT2D eigenvalue weighted by atomic mass is 79.9. The molecular formula is C13H15BrO4. The Kier molecular flexibility index (Phi) is 5.85. The zero-order valence-corrected chi connectivity index (χ0v) is 12.0. The summed E-state index contributed by atoms with van der Waals surface area (Å²) in [6.45, 7) is 4.09. The van der Waals surface area contributed by atoms with E-state index >= 15 is 0 Å². The summed E-state index contributed by atoms with van der Waals surface area (Å²) >= 11 is 3.33. The van der Waals surface area contributed by atoms with Crippen molar-refractivity contribution in [2.75, 3.05) is 13.2 Å². The number of benzene rings is 1. The number of hydrogen-bond acceptors (Lipinski definition) is 4. The van der Waals surface area contributed by atoms with E-state index in [1.54, 1.807) is 32.0 Å². The molecular weight excluding hydrogens is 300 g/mol. The van der Waals surface area contributed by atoms with Crippen molar-refractivity contribution in [3.63, 3.8) is 0 Å². The molecule has 0 unspecified atom stereocenters. The summed E-state index contributed by atoms with van der Waals surface area (Å²) in [5, 5.41) is 0. The van der Waals surface area contributed by atoms with Crippen LogP contribution in [-0.2, 0) is 20.7 Å². The first-order valence-electron chi connectivity index (χ1n) is 5.70. The number of ether oxygens (including phenoxy) is 2. The first-order chi connectivity index (χ1) is 8.60. The van der Waals surface area contributed by atoms with E-state index < -0.39 is 5.97 Å². The Morgan fingerprint density at radius 3 is 2.44 bits per heavy atom. The van der Waals surface area contributed by atoms with Crippen molar-refractivity contribution < 1.29 is 19.1 Å². The van der Waals surface area contributed by atoms with E-state index in [0.29, 0.717) is 28.8 Å². The second-order valence-corrected chi connectivity index (χ2v) is 4.32. The Labute approximate surface area is 114 Å². The molecule has 0 aliphatic carbocycles. The van der Waals surface area contributed by atoms with Crippen LogP contribution in [0.1, 0.15) is 29.8 Å². The predicted octanol–water partition coefficient (Wildman–Crippen LogP) is 2.73. The number of carbonyl (C=O) groups excluding carboxylic acids is 2. The van der Waals surface area contributed by atoms with Gasteiger partial charge in [-0.25, -0.2) is 4.79 Å². The molecule has 1 aromatic rings. The Morgan fingerprint density at radius 1 is 1.17 bits per heavy atom. The van der Waals surface area contributed by atoms with Gasteiger partial charge < -0.3 is 9.47 Å². The van der Waals surface area contributed by atoms with E-state index in [2.05, 4.69) is 15.9 Å². The van der Waals surface area contributed by atoms with Gasteiger partial charge in [0.15, 0.2) is 0 Å². The third-order valence-corrected chi connectivity index (χ3v) is 2.98. The second kappa shape index (κ2) is 7.16. The lowest BCUT2D eigenvalue weighted by Crippen LogP contribution is -2.14. The van der Waals surface area contributed by atoms with Crippen LogP contribution in [0.15, 0.2) is 22.7 Å². The molecule has 0 aliphatic rings. The quantitative estimate of drug-likeness (QED) is 0.784. The van der Waals surface area contributed by atoms with Crippen LogP contribution in [0.2, 0.25) is 0 Å². The van der Waals surface area contributed by atoms with Crippen LogP contribution in [-0.4, -0.2) is 25.2 Å². The van der Waals surface area contributed by atoms with E-state index in [0.717, 1.165) is 0 Å². The van der Waals surface area contributed by atoms with Gasteiger partial charge in [0.1, 0.15) is 0 Å². The van der Waals surface area contributed by atoms with Gasteiger partial charge in [0.25, 0.3) is 0 Å². The largest absolute Gasteiger partial charge is 0.466 e. The van der Waals surface area contributed by atoms with Crippen LogP contribution in [0.25, 0.3) is 0 Å². The van der Waals surface area contributed by atoms with Crippen molar-refractivity contribution in [2.24, 2.45) is 0 Å². The fraction of sp³-hybridized carbons (Fsp3) is 0.385. The van der Waals surface area contributed by atoms with E-state index in [9.17, 15) is 9.59 Å². The van der Waals surface area contributed by atoms with Gasteiger partial charge in [-0.15, -0.1) is 0 Å². The fourth-order valence-corrected chi connectivity index (χ4v) is 2.00. The van der Waals surface area contributed by atoms with E-state index in [1.807, 2.05) is 0 Å². The van der Waals surface area contributed by atoms with Gasteiger partial charge >= 0.3 is 11.9 Å². The average molecular weight is 315 g/mol.